The summed E-state index contributed by atoms with van der Waals surface area (Å²) < 4.78 is 5.78. The number of pyridine rings is 2. The maximum absolute atomic E-state index is 11.9. The smallest absolute Gasteiger partial charge is 0.332 e. The van der Waals surface area contributed by atoms with Crippen LogP contribution in [-0.4, -0.2) is 35.2 Å². The average Bonchev–Trinajstić information content (AvgIpc) is 3.66. The van der Waals surface area contributed by atoms with E-state index in [1.807, 2.05) is 34.6 Å². The molecule has 1 saturated carbocycles. The summed E-state index contributed by atoms with van der Waals surface area (Å²) >= 11 is 0. The first-order valence-corrected chi connectivity index (χ1v) is 11.0. The first-order valence-electron chi connectivity index (χ1n) is 11.0. The number of carbonyl (C=O) groups is 2. The maximum atomic E-state index is 11.9. The second-order valence-corrected chi connectivity index (χ2v) is 7.04. The number of nitrogens with one attached hydrogen (secondary N) is 2. The van der Waals surface area contributed by atoms with Crippen LogP contribution in [0.5, 0.6) is 0 Å². The summed E-state index contributed by atoms with van der Waals surface area (Å²) in [4.78, 5) is 27.9. The van der Waals surface area contributed by atoms with Crippen molar-refractivity contribution in [2.24, 2.45) is 5.92 Å². The Balaban J connectivity index is 0.000000860. The number of dihydropyridines is 1. The van der Waals surface area contributed by atoms with E-state index in [9.17, 15) is 14.8 Å². The third kappa shape index (κ3) is 5.63. The van der Waals surface area contributed by atoms with Gasteiger partial charge in [0.1, 0.15) is 11.9 Å². The van der Waals surface area contributed by atoms with Crippen LogP contribution in [-0.2, 0) is 14.3 Å². The molecule has 2 aromatic rings. The Morgan fingerprint density at radius 1 is 1.19 bits per heavy atom. The standard InChI is InChI=1S/C20H20N4O4.2C2H6/c1-11-5-16(20(26)28-2)21-9-15(11)17-6-13-8-22-18(7-14(13)10-24(17)27)23-19(25)12-3-4-12;2*1-2/h5-10,12,16,27H,3-4H2,1-2H3,(H,23,25);2*1-2H3/p+1. The number of anilines is 1. The number of aromatic nitrogens is 2. The van der Waals surface area contributed by atoms with Gasteiger partial charge in [-0.1, -0.05) is 27.7 Å². The number of hydrogen-bond acceptors (Lipinski definition) is 6. The van der Waals surface area contributed by atoms with E-state index in [-0.39, 0.29) is 17.8 Å². The Bertz CT molecular complexity index is 1040. The van der Waals surface area contributed by atoms with Gasteiger partial charge in [-0.15, -0.1) is 0 Å². The molecule has 1 atom stereocenters. The minimum Gasteiger partial charge on any atom is -0.467 e. The van der Waals surface area contributed by atoms with Crippen LogP contribution < -0.4 is 15.4 Å². The van der Waals surface area contributed by atoms with Crippen LogP contribution in [0.25, 0.3) is 16.3 Å². The number of methoxy groups -OCH3 is 1. The lowest BCUT2D eigenvalue weighted by Gasteiger charge is -2.18. The zero-order chi connectivity index (χ0) is 23.8. The molecule has 4 rings (SSSR count). The fraction of sp³-hybridized carbons (Fsp3) is 0.417. The Kier molecular flexibility index (Phi) is 8.75. The fourth-order valence-corrected chi connectivity index (χ4v) is 3.19. The summed E-state index contributed by atoms with van der Waals surface area (Å²) in [6.45, 7) is 9.86. The molecule has 172 valence electrons. The van der Waals surface area contributed by atoms with Crippen molar-refractivity contribution in [2.75, 3.05) is 12.4 Å². The molecular weight excluding hydrogens is 408 g/mol. The molecule has 2 aromatic heterocycles. The predicted molar refractivity (Wildman–Crippen MR) is 124 cm³/mol. The van der Waals surface area contributed by atoms with Crippen molar-refractivity contribution in [3.63, 3.8) is 0 Å². The van der Waals surface area contributed by atoms with Crippen LogP contribution in [0.2, 0.25) is 0 Å². The highest BCUT2D eigenvalue weighted by atomic mass is 16.5. The van der Waals surface area contributed by atoms with Gasteiger partial charge < -0.3 is 15.4 Å². The van der Waals surface area contributed by atoms with E-state index in [2.05, 4.69) is 15.6 Å². The third-order valence-corrected chi connectivity index (χ3v) is 4.95. The molecule has 0 spiro atoms. The number of nitrogens with zero attached hydrogens (tertiary/aromatic N) is 2. The Morgan fingerprint density at radius 2 is 1.88 bits per heavy atom. The number of amides is 1. The number of fused-ring (bicyclic) bond motifs is 1. The first-order chi connectivity index (χ1) is 15.5. The molecule has 2 aliphatic rings. The summed E-state index contributed by atoms with van der Waals surface area (Å²) in [5.74, 6) is 0.166. The molecule has 1 amide bonds. The monoisotopic (exact) mass is 441 g/mol. The molecule has 0 bridgehead atoms. The summed E-state index contributed by atoms with van der Waals surface area (Å²) in [5.41, 5.74) is 2.13. The number of esters is 1. The van der Waals surface area contributed by atoms with Gasteiger partial charge in [0.05, 0.1) is 18.1 Å². The molecule has 32 heavy (non-hydrogen) atoms. The lowest BCUT2D eigenvalue weighted by molar-refractivity contribution is -0.905. The summed E-state index contributed by atoms with van der Waals surface area (Å²) in [5, 5.41) is 17.8. The molecule has 0 aromatic carbocycles. The van der Waals surface area contributed by atoms with E-state index >= 15 is 0 Å². The van der Waals surface area contributed by atoms with Crippen molar-refractivity contribution in [3.8, 4) is 0 Å². The Hall–Kier alpha value is -3.42. The van der Waals surface area contributed by atoms with Gasteiger partial charge in [0.15, 0.2) is 0 Å². The average molecular weight is 442 g/mol. The first kappa shape index (κ1) is 24.8. The number of rotatable bonds is 4. The molecule has 0 radical (unpaired) electrons. The van der Waals surface area contributed by atoms with Gasteiger partial charge in [-0.2, -0.15) is 0 Å². The minimum atomic E-state index is -0.555. The van der Waals surface area contributed by atoms with Gasteiger partial charge in [-0.25, -0.2) is 9.78 Å². The molecule has 8 heteroatoms. The number of carbonyl (C=O) groups excluding carboxylic acids is 2. The zero-order valence-electron chi connectivity index (χ0n) is 19.6. The molecule has 1 aliphatic heterocycles. The quantitative estimate of drug-likeness (QED) is 0.381. The lowest BCUT2D eigenvalue weighted by atomic mass is 9.98. The predicted octanol–water partition coefficient (Wildman–Crippen LogP) is 3.59. The van der Waals surface area contributed by atoms with E-state index < -0.39 is 6.04 Å². The van der Waals surface area contributed by atoms with Crippen LogP contribution in [0.1, 0.15) is 53.2 Å². The molecule has 3 heterocycles. The molecule has 0 saturated heterocycles. The molecular formula is C24H33N4O4+. The highest BCUT2D eigenvalue weighted by Gasteiger charge is 2.30. The molecule has 3 N–H and O–H groups in total. The summed E-state index contributed by atoms with van der Waals surface area (Å²) in [6, 6.07) is 2.98. The topological polar surface area (TPSA) is 104 Å². The molecule has 1 fully saturated rings. The summed E-state index contributed by atoms with van der Waals surface area (Å²) in [7, 11) is 1.34. The molecule has 8 nitrogen and oxygen atoms in total. The second-order valence-electron chi connectivity index (χ2n) is 7.04. The van der Waals surface area contributed by atoms with Gasteiger partial charge in [-0.05, 0) is 37.5 Å². The number of allylic oxidation sites excluding steroid dienone is 2. The van der Waals surface area contributed by atoms with Gasteiger partial charge in [0.2, 0.25) is 12.1 Å². The molecule has 1 aliphatic carbocycles. The van der Waals surface area contributed by atoms with Gasteiger partial charge >= 0.3 is 5.97 Å². The van der Waals surface area contributed by atoms with E-state index in [4.69, 9.17) is 4.74 Å². The summed E-state index contributed by atoms with van der Waals surface area (Å²) in [6.07, 6.45) is 8.51. The van der Waals surface area contributed by atoms with Crippen molar-refractivity contribution in [3.05, 3.63) is 48.1 Å². The number of hydrogen-bond donors (Lipinski definition) is 3. The lowest BCUT2D eigenvalue weighted by Crippen LogP contribution is -2.38. The van der Waals surface area contributed by atoms with Crippen molar-refractivity contribution in [1.29, 1.82) is 0 Å². The minimum absolute atomic E-state index is 0.0142. The normalized spacial score (nSPS) is 16.8. The van der Waals surface area contributed by atoms with Gasteiger partial charge in [0.25, 0.3) is 5.69 Å². The van der Waals surface area contributed by atoms with Gasteiger partial charge in [-0.3, -0.25) is 10.0 Å². The highest BCUT2D eigenvalue weighted by molar-refractivity contribution is 5.95. The van der Waals surface area contributed by atoms with Gasteiger partial charge in [0, 0.05) is 34.5 Å². The van der Waals surface area contributed by atoms with Crippen molar-refractivity contribution >= 4 is 34.0 Å². The Morgan fingerprint density at radius 3 is 2.47 bits per heavy atom. The van der Waals surface area contributed by atoms with E-state index in [1.54, 1.807) is 36.8 Å². The highest BCUT2D eigenvalue weighted by Crippen LogP contribution is 2.30. The van der Waals surface area contributed by atoms with E-state index in [0.29, 0.717) is 11.5 Å². The molecule has 1 unspecified atom stereocenters. The van der Waals surface area contributed by atoms with Crippen LogP contribution in [0, 0.1) is 5.92 Å². The largest absolute Gasteiger partial charge is 0.467 e. The van der Waals surface area contributed by atoms with Crippen molar-refractivity contribution in [2.45, 2.75) is 53.5 Å². The SMILES string of the molecule is CC.CC.COC(=O)C1C=C(C)C(c2cc3cnc(NC(=O)C4CC4)cc3c[n+]2O)=CN1. The Labute approximate surface area is 189 Å². The van der Waals surface area contributed by atoms with E-state index in [1.165, 1.54) is 7.11 Å². The van der Waals surface area contributed by atoms with Crippen LogP contribution in [0.4, 0.5) is 5.82 Å². The van der Waals surface area contributed by atoms with Crippen molar-refractivity contribution in [1.82, 2.24) is 10.3 Å². The third-order valence-electron chi connectivity index (χ3n) is 4.95. The zero-order valence-corrected chi connectivity index (χ0v) is 19.6. The fourth-order valence-electron chi connectivity index (χ4n) is 3.19. The van der Waals surface area contributed by atoms with Crippen molar-refractivity contribution < 1.29 is 24.3 Å². The van der Waals surface area contributed by atoms with Crippen LogP contribution >= 0.6 is 0 Å². The number of ether oxygens (including phenoxy) is 1. The second kappa shape index (κ2) is 11.3. The van der Waals surface area contributed by atoms with E-state index in [0.717, 1.165) is 39.5 Å². The van der Waals surface area contributed by atoms with Crippen LogP contribution in [0.3, 0.4) is 0 Å². The van der Waals surface area contributed by atoms with Crippen LogP contribution in [0.15, 0.2) is 42.4 Å². The maximum Gasteiger partial charge on any atom is 0.332 e.